The summed E-state index contributed by atoms with van der Waals surface area (Å²) in [5.74, 6) is 0.842. The third-order valence-corrected chi connectivity index (χ3v) is 15.7. The summed E-state index contributed by atoms with van der Waals surface area (Å²) in [5, 5.41) is 3.08. The van der Waals surface area contributed by atoms with Crippen LogP contribution in [0.3, 0.4) is 0 Å². The number of hydrogen-bond acceptors (Lipinski definition) is 3. The molecule has 0 atom stereocenters. The van der Waals surface area contributed by atoms with Gasteiger partial charge in [0.05, 0.1) is 0 Å². The zero-order valence-corrected chi connectivity index (χ0v) is 27.3. The van der Waals surface area contributed by atoms with Gasteiger partial charge in [0.25, 0.3) is 0 Å². The molecule has 0 amide bonds. The molecule has 3 nitrogen and oxygen atoms in total. The smallest absolute Gasteiger partial charge is 0.178 e. The Balaban J connectivity index is 1.68. The zero-order valence-electron chi connectivity index (χ0n) is 24.7. The van der Waals surface area contributed by atoms with Crippen molar-refractivity contribution in [1.82, 2.24) is 0 Å². The SMILES string of the molecule is O=P(C(=C1OC(c2cccc(Cl)c2)=Cc2ccccc21)P(=O)(c1ccccc1)c1ccccc1)(c1ccccc1)c1ccccc1. The fourth-order valence-corrected chi connectivity index (χ4v) is 13.9. The molecule has 0 unspecified atom stereocenters. The molecule has 1 aliphatic heterocycles. The van der Waals surface area contributed by atoms with Crippen molar-refractivity contribution >= 4 is 64.7 Å². The standard InChI is InChI=1S/C40H29ClO3P2/c41-32-18-15-17-31(28-32)38-29-30-16-13-14-27-37(30)39(44-38)40(45(42,33-19-5-1-6-20-33)34-21-7-2-8-22-34)46(43,35-23-9-3-10-24-35)36-25-11-4-12-26-36/h1-29H. The summed E-state index contributed by atoms with van der Waals surface area (Å²) in [5.41, 5.74) is 2.32. The monoisotopic (exact) mass is 654 g/mol. The van der Waals surface area contributed by atoms with E-state index in [4.69, 9.17) is 16.3 Å². The van der Waals surface area contributed by atoms with Gasteiger partial charge in [-0.2, -0.15) is 0 Å². The van der Waals surface area contributed by atoms with Crippen molar-refractivity contribution in [2.45, 2.75) is 0 Å². The van der Waals surface area contributed by atoms with Crippen molar-refractivity contribution in [3.05, 3.63) is 197 Å². The summed E-state index contributed by atoms with van der Waals surface area (Å²) in [6, 6.07) is 52.7. The molecule has 6 heteroatoms. The van der Waals surface area contributed by atoms with Crippen molar-refractivity contribution in [2.24, 2.45) is 0 Å². The van der Waals surface area contributed by atoms with E-state index in [0.29, 0.717) is 43.3 Å². The van der Waals surface area contributed by atoms with Gasteiger partial charge >= 0.3 is 0 Å². The Kier molecular flexibility index (Phi) is 8.24. The lowest BCUT2D eigenvalue weighted by Crippen LogP contribution is -2.25. The predicted octanol–water partition coefficient (Wildman–Crippen LogP) is 9.52. The molecule has 0 bridgehead atoms. The van der Waals surface area contributed by atoms with Gasteiger partial charge in [0.15, 0.2) is 20.0 Å². The van der Waals surface area contributed by atoms with E-state index < -0.39 is 14.3 Å². The average Bonchev–Trinajstić information content (AvgIpc) is 3.13. The first-order chi connectivity index (χ1) is 22.5. The van der Waals surface area contributed by atoms with Crippen LogP contribution in [0.15, 0.2) is 175 Å². The molecule has 6 aromatic carbocycles. The molecule has 7 rings (SSSR count). The highest BCUT2D eigenvalue weighted by molar-refractivity contribution is 8.00. The summed E-state index contributed by atoms with van der Waals surface area (Å²) in [6.07, 6.45) is 1.95. The fraction of sp³-hybridized carbons (Fsp3) is 0. The Morgan fingerprint density at radius 1 is 0.500 bits per heavy atom. The summed E-state index contributed by atoms with van der Waals surface area (Å²) < 4.78 is 40.1. The maximum absolute atomic E-state index is 16.6. The van der Waals surface area contributed by atoms with Gasteiger partial charge in [0, 0.05) is 37.4 Å². The second-order valence-corrected chi connectivity index (χ2v) is 17.1. The van der Waals surface area contributed by atoms with Gasteiger partial charge in [-0.25, -0.2) is 0 Å². The lowest BCUT2D eigenvalue weighted by atomic mass is 10.0. The summed E-state index contributed by atoms with van der Waals surface area (Å²) >= 11 is 6.44. The molecule has 0 saturated heterocycles. The second kappa shape index (κ2) is 12.6. The normalized spacial score (nSPS) is 12.9. The van der Waals surface area contributed by atoms with Crippen LogP contribution in [-0.4, -0.2) is 0 Å². The first-order valence-electron chi connectivity index (χ1n) is 14.9. The van der Waals surface area contributed by atoms with E-state index >= 15 is 9.13 Å². The summed E-state index contributed by atoms with van der Waals surface area (Å²) in [4.78, 5) is 0. The Labute approximate surface area is 274 Å². The van der Waals surface area contributed by atoms with Crippen LogP contribution < -0.4 is 21.2 Å². The molecular formula is C40H29ClO3P2. The molecule has 0 radical (unpaired) electrons. The summed E-state index contributed by atoms with van der Waals surface area (Å²) in [6.45, 7) is 0. The number of benzene rings is 6. The molecule has 0 fully saturated rings. The molecule has 0 spiro atoms. The molecule has 1 heterocycles. The highest BCUT2D eigenvalue weighted by Gasteiger charge is 2.48. The van der Waals surface area contributed by atoms with Crippen molar-refractivity contribution < 1.29 is 13.9 Å². The van der Waals surface area contributed by atoms with E-state index in [9.17, 15) is 0 Å². The van der Waals surface area contributed by atoms with Gasteiger partial charge < -0.3 is 13.9 Å². The van der Waals surface area contributed by atoms with E-state index in [1.165, 1.54) is 0 Å². The molecule has 46 heavy (non-hydrogen) atoms. The molecular weight excluding hydrogens is 626 g/mol. The molecule has 0 N–H and O–H groups in total. The third kappa shape index (κ3) is 5.31. The van der Waals surface area contributed by atoms with Crippen LogP contribution in [0.1, 0.15) is 16.7 Å². The number of hydrogen-bond donors (Lipinski definition) is 0. The Morgan fingerprint density at radius 3 is 1.39 bits per heavy atom. The van der Waals surface area contributed by atoms with Crippen LogP contribution >= 0.6 is 25.9 Å². The maximum atomic E-state index is 16.6. The molecule has 0 aromatic heterocycles. The van der Waals surface area contributed by atoms with Crippen LogP contribution in [0.25, 0.3) is 17.6 Å². The highest BCUT2D eigenvalue weighted by Crippen LogP contribution is 2.72. The van der Waals surface area contributed by atoms with Crippen LogP contribution in [-0.2, 0) is 13.9 Å². The number of ether oxygens (including phenoxy) is 1. The molecule has 0 saturated carbocycles. The summed E-state index contributed by atoms with van der Waals surface area (Å²) in [7, 11) is -7.80. The minimum atomic E-state index is -3.90. The topological polar surface area (TPSA) is 43.4 Å². The number of fused-ring (bicyclic) bond motifs is 1. The molecule has 224 valence electrons. The largest absolute Gasteiger partial charge is 0.455 e. The predicted molar refractivity (Wildman–Crippen MR) is 193 cm³/mol. The third-order valence-electron chi connectivity index (χ3n) is 8.09. The Hall–Kier alpha value is -4.65. The highest BCUT2D eigenvalue weighted by atomic mass is 35.5. The number of halogens is 1. The van der Waals surface area contributed by atoms with Crippen LogP contribution in [0, 0.1) is 0 Å². The van der Waals surface area contributed by atoms with Crippen molar-refractivity contribution in [3.63, 3.8) is 0 Å². The van der Waals surface area contributed by atoms with Crippen molar-refractivity contribution in [1.29, 1.82) is 0 Å². The lowest BCUT2D eigenvalue weighted by molar-refractivity contribution is 0.469. The van der Waals surface area contributed by atoms with Gasteiger partial charge in [-0.3, -0.25) is 0 Å². The van der Waals surface area contributed by atoms with Crippen LogP contribution in [0.4, 0.5) is 0 Å². The zero-order chi connectivity index (χ0) is 31.6. The lowest BCUT2D eigenvalue weighted by Gasteiger charge is -2.33. The average molecular weight is 655 g/mol. The minimum absolute atomic E-state index is 0.259. The van der Waals surface area contributed by atoms with E-state index in [1.807, 2.05) is 176 Å². The molecule has 1 aliphatic rings. The molecule has 6 aromatic rings. The Bertz CT molecular complexity index is 1990. The molecule has 0 aliphatic carbocycles. The first kappa shape index (κ1) is 30.0. The minimum Gasteiger partial charge on any atom is -0.455 e. The van der Waals surface area contributed by atoms with Gasteiger partial charge in [-0.05, 0) is 23.8 Å². The van der Waals surface area contributed by atoms with Crippen LogP contribution in [0.2, 0.25) is 5.02 Å². The fourth-order valence-electron chi connectivity index (χ4n) is 5.94. The second-order valence-electron chi connectivity index (χ2n) is 10.9. The van der Waals surface area contributed by atoms with E-state index in [0.717, 1.165) is 11.1 Å². The maximum Gasteiger partial charge on any atom is 0.178 e. The van der Waals surface area contributed by atoms with E-state index in [1.54, 1.807) is 0 Å². The van der Waals surface area contributed by atoms with Gasteiger partial charge in [-0.15, -0.1) is 0 Å². The van der Waals surface area contributed by atoms with Crippen molar-refractivity contribution in [2.75, 3.05) is 0 Å². The van der Waals surface area contributed by atoms with Gasteiger partial charge in [0.1, 0.15) is 10.8 Å². The van der Waals surface area contributed by atoms with Crippen LogP contribution in [0.5, 0.6) is 0 Å². The van der Waals surface area contributed by atoms with Gasteiger partial charge in [0.2, 0.25) is 0 Å². The first-order valence-corrected chi connectivity index (χ1v) is 18.7. The van der Waals surface area contributed by atoms with E-state index in [2.05, 4.69) is 0 Å². The Morgan fingerprint density at radius 2 is 0.935 bits per heavy atom. The van der Waals surface area contributed by atoms with E-state index in [-0.39, 0.29) is 5.06 Å². The number of rotatable bonds is 7. The van der Waals surface area contributed by atoms with Gasteiger partial charge in [-0.1, -0.05) is 169 Å². The van der Waals surface area contributed by atoms with Crippen molar-refractivity contribution in [3.8, 4) is 0 Å². The quantitative estimate of drug-likeness (QED) is 0.161.